The highest BCUT2D eigenvalue weighted by Crippen LogP contribution is 2.28. The molecule has 1 aromatic heterocycles. The summed E-state index contributed by atoms with van der Waals surface area (Å²) < 4.78 is 28.7. The number of carbonyl (C=O) groups excluding carboxylic acids is 2. The minimum absolute atomic E-state index is 0.0961. The summed E-state index contributed by atoms with van der Waals surface area (Å²) >= 11 is 0. The normalized spacial score (nSPS) is 10.1. The van der Waals surface area contributed by atoms with E-state index in [0.717, 1.165) is 0 Å². The highest BCUT2D eigenvalue weighted by atomic mass is 19.1. The molecule has 8 nitrogen and oxygen atoms in total. The number of nitrogens with one attached hydrogen (secondary N) is 2. The first-order valence-corrected chi connectivity index (χ1v) is 8.73. The predicted molar refractivity (Wildman–Crippen MR) is 107 cm³/mol. The van der Waals surface area contributed by atoms with Gasteiger partial charge in [-0.25, -0.2) is 14.2 Å². The van der Waals surface area contributed by atoms with Gasteiger partial charge in [-0.15, -0.1) is 0 Å². The van der Waals surface area contributed by atoms with E-state index in [1.807, 2.05) is 0 Å². The first-order valence-electron chi connectivity index (χ1n) is 8.73. The third-order valence-corrected chi connectivity index (χ3v) is 3.91. The van der Waals surface area contributed by atoms with Crippen LogP contribution in [-0.4, -0.2) is 31.1 Å². The molecule has 0 aliphatic rings. The first kappa shape index (κ1) is 20.6. The number of ether oxygens (including phenoxy) is 3. The number of imide groups is 1. The second-order valence-corrected chi connectivity index (χ2v) is 5.89. The van der Waals surface area contributed by atoms with Gasteiger partial charge < -0.3 is 19.5 Å². The van der Waals surface area contributed by atoms with Gasteiger partial charge in [0.25, 0.3) is 5.91 Å². The van der Waals surface area contributed by atoms with Crippen molar-refractivity contribution in [3.05, 3.63) is 72.2 Å². The molecule has 0 aliphatic heterocycles. The Hall–Kier alpha value is -4.14. The molecule has 2 aromatic carbocycles. The van der Waals surface area contributed by atoms with Gasteiger partial charge in [0.15, 0.2) is 0 Å². The van der Waals surface area contributed by atoms with Crippen LogP contribution in [0.2, 0.25) is 0 Å². The van der Waals surface area contributed by atoms with Crippen LogP contribution in [0.25, 0.3) is 0 Å². The molecule has 0 saturated heterocycles. The van der Waals surface area contributed by atoms with Gasteiger partial charge in [0.05, 0.1) is 26.1 Å². The number of hydrogen-bond donors (Lipinski definition) is 2. The number of anilines is 1. The Labute approximate surface area is 171 Å². The van der Waals surface area contributed by atoms with Crippen LogP contribution in [-0.2, 0) is 0 Å². The average molecular weight is 411 g/mol. The maximum atomic E-state index is 12.9. The molecule has 9 heteroatoms. The lowest BCUT2D eigenvalue weighted by atomic mass is 10.1. The molecule has 1 heterocycles. The zero-order chi connectivity index (χ0) is 21.5. The number of halogens is 1. The quantitative estimate of drug-likeness (QED) is 0.636. The lowest BCUT2D eigenvalue weighted by Gasteiger charge is -2.13. The molecule has 3 amide bonds. The van der Waals surface area contributed by atoms with Crippen LogP contribution in [0.5, 0.6) is 23.1 Å². The fraction of sp³-hybridized carbons (Fsp3) is 0.0952. The van der Waals surface area contributed by atoms with Gasteiger partial charge in [-0.2, -0.15) is 0 Å². The zero-order valence-electron chi connectivity index (χ0n) is 16.1. The Bertz CT molecular complexity index is 1020. The van der Waals surface area contributed by atoms with Crippen LogP contribution in [0.4, 0.5) is 14.9 Å². The maximum absolute atomic E-state index is 12.9. The summed E-state index contributed by atoms with van der Waals surface area (Å²) in [6.45, 7) is 0. The average Bonchev–Trinajstić information content (AvgIpc) is 2.75. The number of aromatic nitrogens is 1. The van der Waals surface area contributed by atoms with Gasteiger partial charge in [-0.3, -0.25) is 10.1 Å². The molecule has 0 fully saturated rings. The Morgan fingerprint density at radius 3 is 2.17 bits per heavy atom. The summed E-state index contributed by atoms with van der Waals surface area (Å²) in [6.07, 6.45) is 1.35. The van der Waals surface area contributed by atoms with E-state index in [2.05, 4.69) is 15.6 Å². The zero-order valence-corrected chi connectivity index (χ0v) is 16.1. The molecule has 0 unspecified atom stereocenters. The van der Waals surface area contributed by atoms with Crippen molar-refractivity contribution < 1.29 is 28.2 Å². The minimum atomic E-state index is -0.762. The van der Waals surface area contributed by atoms with Crippen molar-refractivity contribution in [2.24, 2.45) is 0 Å². The third kappa shape index (κ3) is 5.02. The van der Waals surface area contributed by atoms with Crippen LogP contribution in [0.15, 0.2) is 60.8 Å². The number of pyridine rings is 1. The van der Waals surface area contributed by atoms with E-state index in [9.17, 15) is 14.0 Å². The van der Waals surface area contributed by atoms with Gasteiger partial charge >= 0.3 is 6.03 Å². The Balaban J connectivity index is 1.62. The van der Waals surface area contributed by atoms with Crippen LogP contribution in [0, 0.1) is 5.82 Å². The summed E-state index contributed by atoms with van der Waals surface area (Å²) in [5, 5.41) is 4.71. The van der Waals surface area contributed by atoms with E-state index in [1.165, 1.54) is 50.7 Å². The molecule has 0 saturated carbocycles. The molecular weight excluding hydrogens is 393 g/mol. The van der Waals surface area contributed by atoms with Gasteiger partial charge in [0.2, 0.25) is 5.88 Å². The molecule has 0 aliphatic carbocycles. The molecule has 30 heavy (non-hydrogen) atoms. The topological polar surface area (TPSA) is 98.8 Å². The number of benzene rings is 2. The van der Waals surface area contributed by atoms with Gasteiger partial charge in [-0.05, 0) is 42.5 Å². The largest absolute Gasteiger partial charge is 0.496 e. The van der Waals surface area contributed by atoms with E-state index in [1.54, 1.807) is 24.3 Å². The number of methoxy groups -OCH3 is 2. The maximum Gasteiger partial charge on any atom is 0.326 e. The number of hydrogen-bond acceptors (Lipinski definition) is 6. The third-order valence-electron chi connectivity index (χ3n) is 3.91. The molecule has 0 radical (unpaired) electrons. The number of rotatable bonds is 6. The minimum Gasteiger partial charge on any atom is -0.496 e. The standard InChI is InChI=1S/C21H18FN3O5/c1-28-16-4-3-5-17(29-2)19(16)20(26)25-21(27)24-14-8-11-18(23-12-14)30-15-9-6-13(22)7-10-15/h3-12H,1-2H3,(H2,24,25,26,27). The number of carbonyl (C=O) groups is 2. The fourth-order valence-electron chi connectivity index (χ4n) is 2.54. The highest BCUT2D eigenvalue weighted by Gasteiger charge is 2.20. The van der Waals surface area contributed by atoms with E-state index in [0.29, 0.717) is 11.4 Å². The smallest absolute Gasteiger partial charge is 0.326 e. The van der Waals surface area contributed by atoms with E-state index < -0.39 is 11.9 Å². The summed E-state index contributed by atoms with van der Waals surface area (Å²) in [6, 6.07) is 12.6. The van der Waals surface area contributed by atoms with Crippen LogP contribution < -0.4 is 24.8 Å². The van der Waals surface area contributed by atoms with Crippen molar-refractivity contribution in [3.63, 3.8) is 0 Å². The Morgan fingerprint density at radius 2 is 1.60 bits per heavy atom. The molecule has 0 spiro atoms. The number of amides is 3. The summed E-state index contributed by atoms with van der Waals surface area (Å²) in [5.74, 6) is 0.139. The highest BCUT2D eigenvalue weighted by molar-refractivity contribution is 6.10. The SMILES string of the molecule is COc1cccc(OC)c1C(=O)NC(=O)Nc1ccc(Oc2ccc(F)cc2)nc1. The van der Waals surface area contributed by atoms with Crippen LogP contribution >= 0.6 is 0 Å². The van der Waals surface area contributed by atoms with E-state index in [-0.39, 0.29) is 28.8 Å². The molecule has 3 aromatic rings. The van der Waals surface area contributed by atoms with E-state index >= 15 is 0 Å². The lowest BCUT2D eigenvalue weighted by molar-refractivity contribution is 0.0961. The molecule has 154 valence electrons. The molecule has 0 atom stereocenters. The van der Waals surface area contributed by atoms with Crippen LogP contribution in [0.3, 0.4) is 0 Å². The molecular formula is C21H18FN3O5. The van der Waals surface area contributed by atoms with Crippen molar-refractivity contribution in [3.8, 4) is 23.1 Å². The van der Waals surface area contributed by atoms with Crippen LogP contribution in [0.1, 0.15) is 10.4 Å². The number of urea groups is 1. The first-order chi connectivity index (χ1) is 14.5. The van der Waals surface area contributed by atoms with Crippen molar-refractivity contribution in [1.82, 2.24) is 10.3 Å². The Kier molecular flexibility index (Phi) is 6.43. The fourth-order valence-corrected chi connectivity index (χ4v) is 2.54. The van der Waals surface area contributed by atoms with Gasteiger partial charge in [-0.1, -0.05) is 6.07 Å². The summed E-state index contributed by atoms with van der Waals surface area (Å²) in [7, 11) is 2.82. The monoisotopic (exact) mass is 411 g/mol. The second kappa shape index (κ2) is 9.37. The molecule has 3 rings (SSSR count). The summed E-state index contributed by atoms with van der Waals surface area (Å²) in [4.78, 5) is 28.7. The van der Waals surface area contributed by atoms with Crippen molar-refractivity contribution in [2.45, 2.75) is 0 Å². The van der Waals surface area contributed by atoms with Gasteiger partial charge in [0.1, 0.15) is 28.6 Å². The second-order valence-electron chi connectivity index (χ2n) is 5.89. The Morgan fingerprint density at radius 1 is 0.933 bits per heavy atom. The van der Waals surface area contributed by atoms with Crippen molar-refractivity contribution >= 4 is 17.6 Å². The predicted octanol–water partition coefficient (Wildman–Crippen LogP) is 3.99. The van der Waals surface area contributed by atoms with Crippen molar-refractivity contribution in [2.75, 3.05) is 19.5 Å². The lowest BCUT2D eigenvalue weighted by Crippen LogP contribution is -2.34. The molecule has 2 N–H and O–H groups in total. The molecule has 0 bridgehead atoms. The number of nitrogens with zero attached hydrogens (tertiary/aromatic N) is 1. The van der Waals surface area contributed by atoms with Crippen molar-refractivity contribution in [1.29, 1.82) is 0 Å². The van der Waals surface area contributed by atoms with E-state index in [4.69, 9.17) is 14.2 Å². The van der Waals surface area contributed by atoms with Gasteiger partial charge in [0, 0.05) is 6.07 Å². The summed E-state index contributed by atoms with van der Waals surface area (Å²) in [5.41, 5.74) is 0.428.